The number of aromatic nitrogens is 1. The molecule has 1 amide bonds. The topological polar surface area (TPSA) is 130 Å². The molecule has 0 atom stereocenters. The number of hydrogen-bond donors (Lipinski definition) is 0. The zero-order valence-electron chi connectivity index (χ0n) is 16.2. The molecule has 1 heterocycles. The van der Waals surface area contributed by atoms with Crippen molar-refractivity contribution in [2.24, 2.45) is 4.99 Å². The second-order valence-corrected chi connectivity index (χ2v) is 7.25. The lowest BCUT2D eigenvalue weighted by atomic mass is 10.1. The molecule has 30 heavy (non-hydrogen) atoms. The minimum Gasteiger partial charge on any atom is -0.492 e. The van der Waals surface area contributed by atoms with Gasteiger partial charge < -0.3 is 9.30 Å². The minimum atomic E-state index is -0.795. The Kier molecular flexibility index (Phi) is 6.21. The summed E-state index contributed by atoms with van der Waals surface area (Å²) in [6.45, 7) is 4.91. The lowest BCUT2D eigenvalue weighted by Crippen LogP contribution is -2.17. The molecule has 0 saturated heterocycles. The fraction of sp³-hybridized carbons (Fsp3) is 0.263. The Bertz CT molecular complexity index is 1180. The molecule has 1 aromatic heterocycles. The lowest BCUT2D eigenvalue weighted by Gasteiger charge is -2.08. The molecule has 0 saturated carbocycles. The van der Waals surface area contributed by atoms with Gasteiger partial charge in [0, 0.05) is 18.7 Å². The average molecular weight is 430 g/mol. The van der Waals surface area contributed by atoms with Gasteiger partial charge in [0.15, 0.2) is 4.80 Å². The van der Waals surface area contributed by atoms with Gasteiger partial charge in [-0.3, -0.25) is 25.0 Å². The van der Waals surface area contributed by atoms with Gasteiger partial charge in [0.25, 0.3) is 17.3 Å². The number of thiazole rings is 1. The van der Waals surface area contributed by atoms with Crippen LogP contribution in [0.4, 0.5) is 11.4 Å². The number of nitrogens with zero attached hydrogens (tertiary/aromatic N) is 4. The summed E-state index contributed by atoms with van der Waals surface area (Å²) in [6, 6.07) is 8.35. The van der Waals surface area contributed by atoms with Crippen LogP contribution in [0.2, 0.25) is 0 Å². The number of rotatable bonds is 7. The first-order valence-electron chi connectivity index (χ1n) is 9.13. The number of carbonyl (C=O) groups is 1. The quantitative estimate of drug-likeness (QED) is 0.410. The second kappa shape index (κ2) is 8.82. The van der Waals surface area contributed by atoms with Crippen molar-refractivity contribution in [3.05, 3.63) is 67.0 Å². The molecular weight excluding hydrogens is 412 g/mol. The molecule has 0 aliphatic carbocycles. The van der Waals surface area contributed by atoms with E-state index in [1.54, 1.807) is 0 Å². The third-order valence-corrected chi connectivity index (χ3v) is 5.22. The first-order valence-corrected chi connectivity index (χ1v) is 9.95. The van der Waals surface area contributed by atoms with Gasteiger partial charge in [-0.2, -0.15) is 4.99 Å². The average Bonchev–Trinajstić information content (AvgIpc) is 3.06. The van der Waals surface area contributed by atoms with Gasteiger partial charge in [0.2, 0.25) is 0 Å². The smallest absolute Gasteiger partial charge is 0.280 e. The van der Waals surface area contributed by atoms with Crippen molar-refractivity contribution in [2.45, 2.75) is 26.8 Å². The van der Waals surface area contributed by atoms with Gasteiger partial charge in [-0.1, -0.05) is 24.3 Å². The van der Waals surface area contributed by atoms with Gasteiger partial charge >= 0.3 is 0 Å². The number of carbonyl (C=O) groups excluding carboxylic acids is 1. The molecule has 0 aliphatic rings. The third-order valence-electron chi connectivity index (χ3n) is 4.18. The first kappa shape index (κ1) is 21.1. The highest BCUT2D eigenvalue weighted by atomic mass is 32.1. The van der Waals surface area contributed by atoms with Crippen molar-refractivity contribution in [1.82, 2.24) is 4.57 Å². The highest BCUT2D eigenvalue weighted by Crippen LogP contribution is 2.28. The van der Waals surface area contributed by atoms with E-state index >= 15 is 0 Å². The number of nitro benzene ring substituents is 2. The van der Waals surface area contributed by atoms with E-state index in [-0.39, 0.29) is 5.56 Å². The van der Waals surface area contributed by atoms with Crippen LogP contribution in [0.3, 0.4) is 0 Å². The summed E-state index contributed by atoms with van der Waals surface area (Å²) < 4.78 is 8.43. The summed E-state index contributed by atoms with van der Waals surface area (Å²) in [5.74, 6) is -0.129. The van der Waals surface area contributed by atoms with Crippen LogP contribution in [0.25, 0.3) is 10.2 Å². The maximum Gasteiger partial charge on any atom is 0.280 e. The Morgan fingerprint density at radius 2 is 1.80 bits per heavy atom. The fourth-order valence-electron chi connectivity index (χ4n) is 2.97. The Hall–Kier alpha value is -3.60. The number of para-hydroxylation sites is 1. The van der Waals surface area contributed by atoms with Crippen molar-refractivity contribution in [3.63, 3.8) is 0 Å². The lowest BCUT2D eigenvalue weighted by molar-refractivity contribution is -0.394. The predicted molar refractivity (Wildman–Crippen MR) is 111 cm³/mol. The van der Waals surface area contributed by atoms with E-state index in [1.807, 2.05) is 36.6 Å². The normalized spacial score (nSPS) is 11.6. The SMILES string of the molecule is CCCn1c(=NC(=O)c2cc([N+](=O)[O-])cc([N+](=O)[O-])c2)sc2cccc(OCC)c21. The molecule has 3 rings (SSSR count). The van der Waals surface area contributed by atoms with Crippen molar-refractivity contribution in [3.8, 4) is 5.75 Å². The maximum absolute atomic E-state index is 12.8. The summed E-state index contributed by atoms with van der Waals surface area (Å²) in [6.07, 6.45) is 0.774. The van der Waals surface area contributed by atoms with Crippen LogP contribution < -0.4 is 9.54 Å². The van der Waals surface area contributed by atoms with Crippen molar-refractivity contribution < 1.29 is 19.4 Å². The van der Waals surface area contributed by atoms with E-state index in [9.17, 15) is 25.0 Å². The fourth-order valence-corrected chi connectivity index (χ4v) is 4.04. The van der Waals surface area contributed by atoms with Gasteiger partial charge in [-0.05, 0) is 25.5 Å². The van der Waals surface area contributed by atoms with Crippen LogP contribution in [0.15, 0.2) is 41.4 Å². The molecular formula is C19H18N4O6S. The van der Waals surface area contributed by atoms with E-state index < -0.39 is 27.1 Å². The Morgan fingerprint density at radius 1 is 1.13 bits per heavy atom. The summed E-state index contributed by atoms with van der Waals surface area (Å²) >= 11 is 1.28. The summed E-state index contributed by atoms with van der Waals surface area (Å²) in [5, 5.41) is 22.2. The molecule has 10 nitrogen and oxygen atoms in total. The van der Waals surface area contributed by atoms with Crippen LogP contribution in [0, 0.1) is 20.2 Å². The number of ether oxygens (including phenoxy) is 1. The van der Waals surface area contributed by atoms with E-state index in [1.165, 1.54) is 11.3 Å². The number of nitro groups is 2. The van der Waals surface area contributed by atoms with E-state index in [0.29, 0.717) is 23.7 Å². The van der Waals surface area contributed by atoms with Crippen LogP contribution >= 0.6 is 11.3 Å². The zero-order chi connectivity index (χ0) is 21.8. The highest BCUT2D eigenvalue weighted by molar-refractivity contribution is 7.16. The van der Waals surface area contributed by atoms with E-state index in [2.05, 4.69) is 4.99 Å². The zero-order valence-corrected chi connectivity index (χ0v) is 17.0. The number of amides is 1. The molecule has 2 aromatic carbocycles. The van der Waals surface area contributed by atoms with Crippen molar-refractivity contribution in [1.29, 1.82) is 0 Å². The number of hydrogen-bond acceptors (Lipinski definition) is 7. The van der Waals surface area contributed by atoms with Gasteiger partial charge in [0.1, 0.15) is 11.3 Å². The molecule has 156 valence electrons. The monoisotopic (exact) mass is 430 g/mol. The van der Waals surface area contributed by atoms with E-state index in [0.717, 1.165) is 34.8 Å². The Labute approximate surface area is 174 Å². The predicted octanol–water partition coefficient (Wildman–Crippen LogP) is 4.07. The molecule has 0 unspecified atom stereocenters. The summed E-state index contributed by atoms with van der Waals surface area (Å²) in [7, 11) is 0. The van der Waals surface area contributed by atoms with Crippen LogP contribution in [0.5, 0.6) is 5.75 Å². The molecule has 0 radical (unpaired) electrons. The molecule has 0 spiro atoms. The van der Waals surface area contributed by atoms with E-state index in [4.69, 9.17) is 4.74 Å². The third kappa shape index (κ3) is 4.20. The van der Waals surface area contributed by atoms with Crippen LogP contribution in [-0.2, 0) is 6.54 Å². The number of aryl methyl sites for hydroxylation is 1. The van der Waals surface area contributed by atoms with Gasteiger partial charge in [-0.25, -0.2) is 0 Å². The standard InChI is InChI=1S/C19H18N4O6S/c1-3-8-21-17-15(29-4-2)6-5-7-16(17)30-19(21)20-18(24)12-9-13(22(25)26)11-14(10-12)23(27)28/h5-7,9-11H,3-4,8H2,1-2H3. The van der Waals surface area contributed by atoms with Gasteiger partial charge in [-0.15, -0.1) is 0 Å². The molecule has 0 aliphatic heterocycles. The first-order chi connectivity index (χ1) is 14.3. The largest absolute Gasteiger partial charge is 0.492 e. The molecule has 0 fully saturated rings. The number of fused-ring (bicyclic) bond motifs is 1. The van der Waals surface area contributed by atoms with Gasteiger partial charge in [0.05, 0.1) is 32.8 Å². The van der Waals surface area contributed by atoms with Crippen molar-refractivity contribution in [2.75, 3.05) is 6.61 Å². The molecule has 3 aromatic rings. The second-order valence-electron chi connectivity index (χ2n) is 6.24. The van der Waals surface area contributed by atoms with Crippen molar-refractivity contribution >= 4 is 38.8 Å². The number of benzene rings is 2. The highest BCUT2D eigenvalue weighted by Gasteiger charge is 2.20. The maximum atomic E-state index is 12.8. The Morgan fingerprint density at radius 3 is 2.37 bits per heavy atom. The van der Waals surface area contributed by atoms with Crippen LogP contribution in [0.1, 0.15) is 30.6 Å². The van der Waals surface area contributed by atoms with Crippen LogP contribution in [-0.4, -0.2) is 26.9 Å². The molecule has 11 heteroatoms. The summed E-state index contributed by atoms with van der Waals surface area (Å²) in [5.41, 5.74) is -0.498. The summed E-state index contributed by atoms with van der Waals surface area (Å²) in [4.78, 5) is 37.9. The molecule has 0 N–H and O–H groups in total. The minimum absolute atomic E-state index is 0.221. The molecule has 0 bridgehead atoms. The Balaban J connectivity index is 2.18. The number of non-ortho nitro benzene ring substituents is 2.